The molecule has 1 saturated heterocycles. The van der Waals surface area contributed by atoms with E-state index < -0.39 is 0 Å². The number of rotatable bonds is 3. The normalized spacial score (nSPS) is 17.2. The fraction of sp³-hybridized carbons (Fsp3) is 0.476. The minimum absolute atomic E-state index is 0.758. The van der Waals surface area contributed by atoms with E-state index in [2.05, 4.69) is 34.9 Å². The van der Waals surface area contributed by atoms with Gasteiger partial charge in [0.2, 0.25) is 5.69 Å². The van der Waals surface area contributed by atoms with Crippen molar-refractivity contribution in [2.24, 2.45) is 0 Å². The summed E-state index contributed by atoms with van der Waals surface area (Å²) >= 11 is 1.78. The first kappa shape index (κ1) is 16.6. The van der Waals surface area contributed by atoms with Crippen LogP contribution in [0, 0.1) is 13.5 Å². The third-order valence-corrected chi connectivity index (χ3v) is 6.56. The smallest absolute Gasteiger partial charge is 0.224 e. The van der Waals surface area contributed by atoms with E-state index >= 15 is 0 Å². The lowest BCUT2D eigenvalue weighted by Crippen LogP contribution is -2.35. The van der Waals surface area contributed by atoms with Gasteiger partial charge in [0.15, 0.2) is 0 Å². The van der Waals surface area contributed by atoms with E-state index in [4.69, 9.17) is 11.3 Å². The van der Waals surface area contributed by atoms with Crippen molar-refractivity contribution in [2.75, 3.05) is 31.2 Å². The number of hydrogen-bond acceptors (Lipinski definition) is 3. The first-order chi connectivity index (χ1) is 12.3. The maximum absolute atomic E-state index is 7.75. The Bertz CT molecular complexity index is 812. The summed E-state index contributed by atoms with van der Waals surface area (Å²) < 4.78 is 5.47. The number of nitrogens with zero attached hydrogens (tertiary/aromatic N) is 2. The third kappa shape index (κ3) is 3.31. The van der Waals surface area contributed by atoms with Crippen molar-refractivity contribution in [3.63, 3.8) is 0 Å². The molecule has 2 aromatic rings. The first-order valence-corrected chi connectivity index (χ1v) is 10.0. The van der Waals surface area contributed by atoms with Crippen LogP contribution in [0.1, 0.15) is 40.0 Å². The summed E-state index contributed by atoms with van der Waals surface area (Å²) in [6.07, 6.45) is 5.93. The molecule has 4 heteroatoms. The summed E-state index contributed by atoms with van der Waals surface area (Å²) in [7, 11) is 0. The molecule has 0 bridgehead atoms. The standard InChI is InChI=1S/C21H24N2OS/c1-15-19(14-16-7-8-17-5-3-4-6-18(17)13-16)20(22-2)21(25-15)23-9-11-24-12-10-23/h7-8,13H,3-6,9-12,14H2,1H3. The van der Waals surface area contributed by atoms with Crippen molar-refractivity contribution in [1.29, 1.82) is 0 Å². The van der Waals surface area contributed by atoms with Gasteiger partial charge in [0.1, 0.15) is 0 Å². The molecule has 2 aliphatic rings. The van der Waals surface area contributed by atoms with Crippen molar-refractivity contribution >= 4 is 22.0 Å². The molecule has 3 nitrogen and oxygen atoms in total. The maximum Gasteiger partial charge on any atom is 0.224 e. The lowest BCUT2D eigenvalue weighted by molar-refractivity contribution is 0.123. The highest BCUT2D eigenvalue weighted by molar-refractivity contribution is 7.17. The zero-order valence-corrected chi connectivity index (χ0v) is 15.6. The van der Waals surface area contributed by atoms with Crippen LogP contribution in [0.15, 0.2) is 18.2 Å². The summed E-state index contributed by atoms with van der Waals surface area (Å²) in [5.41, 5.74) is 6.48. The quantitative estimate of drug-likeness (QED) is 0.730. The SMILES string of the molecule is [C-]#[N+]c1c(N2CCOCC2)sc(C)c1Cc1ccc2c(c1)CCCC2. The average molecular weight is 353 g/mol. The summed E-state index contributed by atoms with van der Waals surface area (Å²) in [5.74, 6) is 0. The minimum Gasteiger partial charge on any atom is -0.378 e. The largest absolute Gasteiger partial charge is 0.378 e. The van der Waals surface area contributed by atoms with Gasteiger partial charge >= 0.3 is 0 Å². The number of morpholine rings is 1. The topological polar surface area (TPSA) is 16.8 Å². The van der Waals surface area contributed by atoms with Crippen LogP contribution in [-0.4, -0.2) is 26.3 Å². The van der Waals surface area contributed by atoms with E-state index in [1.165, 1.54) is 52.8 Å². The molecule has 0 N–H and O–H groups in total. The number of benzene rings is 1. The molecular weight excluding hydrogens is 328 g/mol. The fourth-order valence-electron chi connectivity index (χ4n) is 3.96. The summed E-state index contributed by atoms with van der Waals surface area (Å²) in [5, 5.41) is 1.14. The van der Waals surface area contributed by atoms with Gasteiger partial charge in [-0.3, -0.25) is 0 Å². The van der Waals surface area contributed by atoms with Gasteiger partial charge < -0.3 is 9.64 Å². The molecule has 1 aliphatic carbocycles. The number of anilines is 1. The zero-order chi connectivity index (χ0) is 17.2. The summed E-state index contributed by atoms with van der Waals surface area (Å²) in [6, 6.07) is 6.96. The van der Waals surface area contributed by atoms with Crippen LogP contribution in [0.3, 0.4) is 0 Å². The average Bonchev–Trinajstić information content (AvgIpc) is 2.98. The van der Waals surface area contributed by atoms with Crippen molar-refractivity contribution in [3.8, 4) is 0 Å². The highest BCUT2D eigenvalue weighted by Crippen LogP contribution is 2.44. The van der Waals surface area contributed by atoms with Crippen LogP contribution in [0.25, 0.3) is 4.85 Å². The van der Waals surface area contributed by atoms with Crippen molar-refractivity contribution in [2.45, 2.75) is 39.0 Å². The van der Waals surface area contributed by atoms with Crippen LogP contribution in [0.4, 0.5) is 10.7 Å². The van der Waals surface area contributed by atoms with Gasteiger partial charge in [-0.15, -0.1) is 11.3 Å². The Balaban J connectivity index is 1.64. The van der Waals surface area contributed by atoms with E-state index in [0.717, 1.165) is 43.4 Å². The Kier molecular flexibility index (Phi) is 4.78. The Morgan fingerprint density at radius 2 is 1.92 bits per heavy atom. The van der Waals surface area contributed by atoms with E-state index in [1.54, 1.807) is 11.3 Å². The molecule has 1 aromatic heterocycles. The van der Waals surface area contributed by atoms with Crippen molar-refractivity contribution in [3.05, 3.63) is 56.7 Å². The van der Waals surface area contributed by atoms with Crippen LogP contribution in [-0.2, 0) is 24.0 Å². The molecule has 0 radical (unpaired) electrons. The molecule has 0 saturated carbocycles. The monoisotopic (exact) mass is 352 g/mol. The Labute approximate surface area is 154 Å². The molecule has 0 spiro atoms. The predicted octanol–water partition coefficient (Wildman–Crippen LogP) is 4.91. The number of fused-ring (bicyclic) bond motifs is 1. The number of ether oxygens (including phenoxy) is 1. The van der Waals surface area contributed by atoms with Gasteiger partial charge in [-0.1, -0.05) is 18.2 Å². The van der Waals surface area contributed by atoms with Crippen LogP contribution < -0.4 is 4.90 Å². The van der Waals surface area contributed by atoms with Crippen LogP contribution >= 0.6 is 11.3 Å². The molecule has 0 atom stereocenters. The Morgan fingerprint density at radius 1 is 1.16 bits per heavy atom. The molecule has 0 amide bonds. The first-order valence-electron chi connectivity index (χ1n) is 9.19. The third-order valence-electron chi connectivity index (χ3n) is 5.37. The van der Waals surface area contributed by atoms with Gasteiger partial charge in [-0.25, -0.2) is 4.85 Å². The molecule has 130 valence electrons. The van der Waals surface area contributed by atoms with Crippen molar-refractivity contribution < 1.29 is 4.74 Å². The Morgan fingerprint density at radius 3 is 2.68 bits per heavy atom. The number of thiophene rings is 1. The molecular formula is C21H24N2OS. The maximum atomic E-state index is 7.75. The molecule has 1 fully saturated rings. The van der Waals surface area contributed by atoms with Gasteiger partial charge in [0.25, 0.3) is 0 Å². The number of aryl methyl sites for hydroxylation is 3. The summed E-state index contributed by atoms with van der Waals surface area (Å²) in [6.45, 7) is 13.2. The van der Waals surface area contributed by atoms with Crippen LogP contribution in [0.5, 0.6) is 0 Å². The van der Waals surface area contributed by atoms with Gasteiger partial charge in [-0.2, -0.15) is 0 Å². The van der Waals surface area contributed by atoms with E-state index in [-0.39, 0.29) is 0 Å². The molecule has 1 aliphatic heterocycles. The van der Waals surface area contributed by atoms with Gasteiger partial charge in [0.05, 0.1) is 24.8 Å². The fourth-order valence-corrected chi connectivity index (χ4v) is 5.12. The zero-order valence-electron chi connectivity index (χ0n) is 14.8. The number of hydrogen-bond donors (Lipinski definition) is 0. The molecule has 1 aromatic carbocycles. The van der Waals surface area contributed by atoms with Crippen LogP contribution in [0.2, 0.25) is 0 Å². The highest BCUT2D eigenvalue weighted by atomic mass is 32.1. The summed E-state index contributed by atoms with van der Waals surface area (Å²) in [4.78, 5) is 7.53. The van der Waals surface area contributed by atoms with E-state index in [0.29, 0.717) is 0 Å². The molecule has 25 heavy (non-hydrogen) atoms. The highest BCUT2D eigenvalue weighted by Gasteiger charge is 2.22. The van der Waals surface area contributed by atoms with E-state index in [9.17, 15) is 0 Å². The van der Waals surface area contributed by atoms with Gasteiger partial charge in [-0.05, 0) is 66.2 Å². The van der Waals surface area contributed by atoms with Gasteiger partial charge in [0, 0.05) is 13.1 Å². The molecule has 2 heterocycles. The predicted molar refractivity (Wildman–Crippen MR) is 104 cm³/mol. The lowest BCUT2D eigenvalue weighted by atomic mass is 9.89. The van der Waals surface area contributed by atoms with E-state index in [1.807, 2.05) is 0 Å². The Hall–Kier alpha value is -1.83. The van der Waals surface area contributed by atoms with Crippen molar-refractivity contribution in [1.82, 2.24) is 0 Å². The second-order valence-electron chi connectivity index (χ2n) is 6.99. The minimum atomic E-state index is 0.758. The lowest BCUT2D eigenvalue weighted by Gasteiger charge is -2.28. The molecule has 0 unspecified atom stereocenters. The second-order valence-corrected chi connectivity index (χ2v) is 8.19. The molecule has 4 rings (SSSR count). The second kappa shape index (κ2) is 7.19.